The minimum absolute atomic E-state index is 0.0293. The number of rotatable bonds is 4. The summed E-state index contributed by atoms with van der Waals surface area (Å²) < 4.78 is 0. The predicted molar refractivity (Wildman–Crippen MR) is 79.7 cm³/mol. The second-order valence-corrected chi connectivity index (χ2v) is 6.55. The molecule has 0 unspecified atom stereocenters. The highest BCUT2D eigenvalue weighted by molar-refractivity contribution is 6.31. The van der Waals surface area contributed by atoms with Crippen molar-refractivity contribution in [3.8, 4) is 0 Å². The second kappa shape index (κ2) is 5.95. The van der Waals surface area contributed by atoms with Crippen molar-refractivity contribution in [3.05, 3.63) is 34.9 Å². The molecule has 0 aliphatic heterocycles. The van der Waals surface area contributed by atoms with Gasteiger partial charge >= 0.3 is 0 Å². The van der Waals surface area contributed by atoms with E-state index in [0.717, 1.165) is 19.3 Å². The molecule has 4 nitrogen and oxygen atoms in total. The molecule has 3 rings (SSSR count). The molecular formula is C16H20ClNO3. The van der Waals surface area contributed by atoms with Gasteiger partial charge in [0.2, 0.25) is 0 Å². The molecule has 1 aromatic carbocycles. The fourth-order valence-electron chi connectivity index (χ4n) is 3.98. The average Bonchev–Trinajstić information content (AvgIpc) is 3.08. The minimum Gasteiger partial charge on any atom is -0.396 e. The first kappa shape index (κ1) is 14.8. The Hall–Kier alpha value is -1.10. The van der Waals surface area contributed by atoms with Crippen LogP contribution in [-0.4, -0.2) is 28.8 Å². The summed E-state index contributed by atoms with van der Waals surface area (Å²) in [4.78, 5) is 12.3. The molecule has 0 spiro atoms. The molecule has 2 aliphatic carbocycles. The van der Waals surface area contributed by atoms with Crippen LogP contribution in [0.25, 0.3) is 0 Å². The zero-order valence-corrected chi connectivity index (χ0v) is 12.5. The van der Waals surface area contributed by atoms with Crippen molar-refractivity contribution in [3.63, 3.8) is 0 Å². The van der Waals surface area contributed by atoms with Gasteiger partial charge in [0.25, 0.3) is 5.91 Å². The van der Waals surface area contributed by atoms with Crippen LogP contribution in [0, 0.1) is 17.8 Å². The average molecular weight is 310 g/mol. The van der Waals surface area contributed by atoms with E-state index in [0.29, 0.717) is 22.4 Å². The van der Waals surface area contributed by atoms with Crippen molar-refractivity contribution in [2.75, 3.05) is 6.61 Å². The van der Waals surface area contributed by atoms with Crippen molar-refractivity contribution >= 4 is 17.5 Å². The number of fused-ring (bicyclic) bond motifs is 2. The van der Waals surface area contributed by atoms with E-state index in [1.165, 1.54) is 0 Å². The Morgan fingerprint density at radius 1 is 1.33 bits per heavy atom. The van der Waals surface area contributed by atoms with Gasteiger partial charge in [0.05, 0.1) is 0 Å². The van der Waals surface area contributed by atoms with Gasteiger partial charge in [-0.2, -0.15) is 0 Å². The van der Waals surface area contributed by atoms with E-state index in [4.69, 9.17) is 11.6 Å². The molecular weight excluding hydrogens is 290 g/mol. The first-order chi connectivity index (χ1) is 10.1. The first-order valence-corrected chi connectivity index (χ1v) is 7.83. The summed E-state index contributed by atoms with van der Waals surface area (Å²) in [5.74, 6) is 0.613. The number of nitrogens with one attached hydrogen (secondary N) is 1. The summed E-state index contributed by atoms with van der Waals surface area (Å²) in [6, 6.07) is 6.77. The van der Waals surface area contributed by atoms with E-state index in [1.807, 2.05) is 0 Å². The smallest absolute Gasteiger partial charge is 0.253 e. The van der Waals surface area contributed by atoms with Crippen LogP contribution in [0.3, 0.4) is 0 Å². The molecule has 0 aromatic heterocycles. The molecule has 1 aromatic rings. The fourth-order valence-corrected chi connectivity index (χ4v) is 4.22. The predicted octanol–water partition coefficient (Wildman–Crippen LogP) is 1.90. The molecule has 5 atom stereocenters. The Morgan fingerprint density at radius 2 is 2.05 bits per heavy atom. The van der Waals surface area contributed by atoms with E-state index in [9.17, 15) is 15.0 Å². The zero-order chi connectivity index (χ0) is 15.0. The number of aliphatic hydroxyl groups excluding tert-OH is 2. The lowest BCUT2D eigenvalue weighted by molar-refractivity contribution is -0.131. The maximum atomic E-state index is 12.3. The Bertz CT molecular complexity index is 536. The van der Waals surface area contributed by atoms with Gasteiger partial charge in [-0.25, -0.2) is 0 Å². The summed E-state index contributed by atoms with van der Waals surface area (Å²) in [5.41, 5.74) is 0.417. The fraction of sp³-hybridized carbons (Fsp3) is 0.562. The second-order valence-electron chi connectivity index (χ2n) is 6.14. The Balaban J connectivity index is 1.70. The Kier molecular flexibility index (Phi) is 4.20. The summed E-state index contributed by atoms with van der Waals surface area (Å²) in [6.45, 7) is 0.0916. The Labute approximate surface area is 129 Å². The van der Waals surface area contributed by atoms with Crippen LogP contribution in [-0.2, 0) is 4.79 Å². The lowest BCUT2D eigenvalue weighted by Gasteiger charge is -2.31. The molecule has 0 radical (unpaired) electrons. The van der Waals surface area contributed by atoms with Gasteiger partial charge in [-0.3, -0.25) is 4.79 Å². The van der Waals surface area contributed by atoms with Crippen molar-refractivity contribution in [1.82, 2.24) is 5.32 Å². The number of carbonyl (C=O) groups excluding carboxylic acids is 1. The Morgan fingerprint density at radius 3 is 2.76 bits per heavy atom. The lowest BCUT2D eigenvalue weighted by atomic mass is 9.85. The third kappa shape index (κ3) is 2.68. The summed E-state index contributed by atoms with van der Waals surface area (Å²) in [5, 5.41) is 23.0. The highest BCUT2D eigenvalue weighted by Crippen LogP contribution is 2.48. The van der Waals surface area contributed by atoms with Gasteiger partial charge < -0.3 is 15.5 Å². The van der Waals surface area contributed by atoms with E-state index < -0.39 is 12.0 Å². The lowest BCUT2D eigenvalue weighted by Crippen LogP contribution is -2.46. The van der Waals surface area contributed by atoms with Crippen LogP contribution in [0.5, 0.6) is 0 Å². The molecule has 2 bridgehead atoms. The van der Waals surface area contributed by atoms with Gasteiger partial charge in [0, 0.05) is 29.2 Å². The quantitative estimate of drug-likeness (QED) is 0.795. The SMILES string of the molecule is O=C(N[C@H]1[C@H]2CC[C@@H](C2)[C@H]1CO)[C@H](O)c1ccccc1Cl. The highest BCUT2D eigenvalue weighted by atomic mass is 35.5. The van der Waals surface area contributed by atoms with Crippen molar-refractivity contribution in [1.29, 1.82) is 0 Å². The zero-order valence-electron chi connectivity index (χ0n) is 11.7. The van der Waals surface area contributed by atoms with Crippen molar-refractivity contribution in [2.24, 2.45) is 17.8 Å². The molecule has 114 valence electrons. The molecule has 3 N–H and O–H groups in total. The molecule has 2 saturated carbocycles. The number of amides is 1. The normalized spacial score (nSPS) is 32.1. The van der Waals surface area contributed by atoms with E-state index in [2.05, 4.69) is 5.32 Å². The molecule has 21 heavy (non-hydrogen) atoms. The monoisotopic (exact) mass is 309 g/mol. The maximum absolute atomic E-state index is 12.3. The molecule has 1 amide bonds. The third-order valence-corrected chi connectivity index (χ3v) is 5.40. The van der Waals surface area contributed by atoms with Gasteiger partial charge in [-0.15, -0.1) is 0 Å². The maximum Gasteiger partial charge on any atom is 0.253 e. The number of aliphatic hydroxyl groups is 2. The highest BCUT2D eigenvalue weighted by Gasteiger charge is 2.48. The van der Waals surface area contributed by atoms with Crippen LogP contribution in [0.15, 0.2) is 24.3 Å². The number of hydrogen-bond donors (Lipinski definition) is 3. The molecule has 0 heterocycles. The largest absolute Gasteiger partial charge is 0.396 e. The summed E-state index contributed by atoms with van der Waals surface area (Å²) in [7, 11) is 0. The summed E-state index contributed by atoms with van der Waals surface area (Å²) >= 11 is 6.02. The molecule has 2 aliphatic rings. The number of halogens is 1. The van der Waals surface area contributed by atoms with Crippen LogP contribution < -0.4 is 5.32 Å². The summed E-state index contributed by atoms with van der Waals surface area (Å²) in [6.07, 6.45) is 2.03. The van der Waals surface area contributed by atoms with Gasteiger partial charge in [0.1, 0.15) is 0 Å². The number of carbonyl (C=O) groups is 1. The van der Waals surface area contributed by atoms with Crippen molar-refractivity contribution in [2.45, 2.75) is 31.4 Å². The van der Waals surface area contributed by atoms with Gasteiger partial charge in [-0.05, 0) is 37.2 Å². The van der Waals surface area contributed by atoms with Crippen LogP contribution in [0.1, 0.15) is 30.9 Å². The number of hydrogen-bond acceptors (Lipinski definition) is 3. The third-order valence-electron chi connectivity index (χ3n) is 5.06. The van der Waals surface area contributed by atoms with E-state index in [-0.39, 0.29) is 18.6 Å². The number of benzene rings is 1. The van der Waals surface area contributed by atoms with E-state index >= 15 is 0 Å². The van der Waals surface area contributed by atoms with Crippen LogP contribution in [0.2, 0.25) is 5.02 Å². The van der Waals surface area contributed by atoms with Crippen LogP contribution in [0.4, 0.5) is 0 Å². The minimum atomic E-state index is -1.27. The molecule has 0 saturated heterocycles. The standard InChI is InChI=1S/C16H20ClNO3/c17-13-4-2-1-3-11(13)15(20)16(21)18-14-10-6-5-9(7-10)12(14)8-19/h1-4,9-10,12,14-15,19-20H,5-8H2,(H,18,21)/t9-,10-,12+,14-,15+/m0/s1. The van der Waals surface area contributed by atoms with E-state index in [1.54, 1.807) is 24.3 Å². The van der Waals surface area contributed by atoms with Gasteiger partial charge in [-0.1, -0.05) is 29.8 Å². The van der Waals surface area contributed by atoms with Crippen LogP contribution >= 0.6 is 11.6 Å². The first-order valence-electron chi connectivity index (χ1n) is 7.45. The topological polar surface area (TPSA) is 69.6 Å². The van der Waals surface area contributed by atoms with Gasteiger partial charge in [0.15, 0.2) is 6.10 Å². The molecule has 2 fully saturated rings. The molecule has 5 heteroatoms. The van der Waals surface area contributed by atoms with Crippen molar-refractivity contribution < 1.29 is 15.0 Å².